The molecule has 0 bridgehead atoms. The molecule has 0 aliphatic carbocycles. The van der Waals surface area contributed by atoms with Crippen LogP contribution in [0.4, 0.5) is 0 Å². The summed E-state index contributed by atoms with van der Waals surface area (Å²) in [4.78, 5) is 0. The zero-order chi connectivity index (χ0) is 15.1. The molecule has 0 unspecified atom stereocenters. The highest BCUT2D eigenvalue weighted by Crippen LogP contribution is 2.16. The molecule has 0 amide bonds. The van der Waals surface area contributed by atoms with Gasteiger partial charge in [-0.05, 0) is 36.8 Å². The first-order valence-corrected chi connectivity index (χ1v) is 7.79. The van der Waals surface area contributed by atoms with Crippen LogP contribution < -0.4 is 10.1 Å². The molecule has 0 aliphatic rings. The monoisotopic (exact) mass is 349 g/mol. The SMILES string of the molecule is C[C@@H](NC[C@H](O)COc1ccc(Br)cc1)c1ccccc1. The number of aliphatic hydroxyl groups excluding tert-OH is 1. The minimum atomic E-state index is -0.542. The van der Waals surface area contributed by atoms with Gasteiger partial charge in [0.25, 0.3) is 0 Å². The van der Waals surface area contributed by atoms with Gasteiger partial charge in [-0.1, -0.05) is 46.3 Å². The van der Waals surface area contributed by atoms with E-state index in [1.807, 2.05) is 42.5 Å². The first kappa shape index (κ1) is 16.0. The number of benzene rings is 2. The van der Waals surface area contributed by atoms with Gasteiger partial charge in [-0.2, -0.15) is 0 Å². The Hall–Kier alpha value is -1.36. The molecule has 2 atom stereocenters. The summed E-state index contributed by atoms with van der Waals surface area (Å²) in [7, 11) is 0. The molecule has 0 aromatic heterocycles. The Bertz CT molecular complexity index is 530. The summed E-state index contributed by atoms with van der Waals surface area (Å²) < 4.78 is 6.56. The second kappa shape index (κ2) is 8.17. The number of nitrogens with one attached hydrogen (secondary N) is 1. The Morgan fingerprint density at radius 1 is 1.10 bits per heavy atom. The van der Waals surface area contributed by atoms with Crippen molar-refractivity contribution in [2.75, 3.05) is 13.2 Å². The summed E-state index contributed by atoms with van der Waals surface area (Å²) in [6.07, 6.45) is -0.542. The van der Waals surface area contributed by atoms with Crippen LogP contribution in [0.3, 0.4) is 0 Å². The van der Waals surface area contributed by atoms with Crippen molar-refractivity contribution in [1.29, 1.82) is 0 Å². The Labute approximate surface area is 134 Å². The van der Waals surface area contributed by atoms with Crippen LogP contribution in [0.2, 0.25) is 0 Å². The standard InChI is InChI=1S/C17H20BrNO2/c1-13(14-5-3-2-4-6-14)19-11-16(20)12-21-17-9-7-15(18)8-10-17/h2-10,13,16,19-20H,11-12H2,1H3/t13-,16+/m1/s1. The lowest BCUT2D eigenvalue weighted by atomic mass is 10.1. The van der Waals surface area contributed by atoms with E-state index >= 15 is 0 Å². The molecule has 2 aromatic carbocycles. The third-order valence-corrected chi connectivity index (χ3v) is 3.74. The van der Waals surface area contributed by atoms with Gasteiger partial charge in [-0.25, -0.2) is 0 Å². The molecule has 0 aliphatic heterocycles. The maximum Gasteiger partial charge on any atom is 0.119 e. The lowest BCUT2D eigenvalue weighted by molar-refractivity contribution is 0.104. The van der Waals surface area contributed by atoms with E-state index in [2.05, 4.69) is 40.3 Å². The molecule has 2 aromatic rings. The number of hydrogen-bond donors (Lipinski definition) is 2. The van der Waals surface area contributed by atoms with Crippen LogP contribution in [-0.4, -0.2) is 24.4 Å². The number of halogens is 1. The van der Waals surface area contributed by atoms with E-state index in [0.717, 1.165) is 10.2 Å². The van der Waals surface area contributed by atoms with Crippen LogP contribution in [0.25, 0.3) is 0 Å². The molecule has 0 radical (unpaired) electrons. The van der Waals surface area contributed by atoms with Gasteiger partial charge in [0.1, 0.15) is 18.5 Å². The van der Waals surface area contributed by atoms with Gasteiger partial charge in [0, 0.05) is 17.1 Å². The van der Waals surface area contributed by atoms with Crippen LogP contribution in [0.1, 0.15) is 18.5 Å². The Morgan fingerprint density at radius 2 is 1.76 bits per heavy atom. The van der Waals surface area contributed by atoms with Crippen LogP contribution in [0.5, 0.6) is 5.75 Å². The van der Waals surface area contributed by atoms with E-state index in [1.165, 1.54) is 5.56 Å². The van der Waals surface area contributed by atoms with E-state index in [1.54, 1.807) is 0 Å². The molecule has 2 N–H and O–H groups in total. The molecule has 2 rings (SSSR count). The van der Waals surface area contributed by atoms with E-state index in [0.29, 0.717) is 6.54 Å². The quantitative estimate of drug-likeness (QED) is 0.803. The lowest BCUT2D eigenvalue weighted by Gasteiger charge is -2.18. The summed E-state index contributed by atoms with van der Waals surface area (Å²) in [6.45, 7) is 2.85. The highest BCUT2D eigenvalue weighted by Gasteiger charge is 2.09. The summed E-state index contributed by atoms with van der Waals surface area (Å²) in [6, 6.07) is 17.9. The second-order valence-electron chi connectivity index (χ2n) is 4.96. The molecule has 0 heterocycles. The van der Waals surface area contributed by atoms with Crippen molar-refractivity contribution in [2.24, 2.45) is 0 Å². The first-order chi connectivity index (χ1) is 10.1. The highest BCUT2D eigenvalue weighted by atomic mass is 79.9. The molecule has 0 saturated carbocycles. The zero-order valence-electron chi connectivity index (χ0n) is 12.0. The number of hydrogen-bond acceptors (Lipinski definition) is 3. The Morgan fingerprint density at radius 3 is 2.43 bits per heavy atom. The zero-order valence-corrected chi connectivity index (χ0v) is 13.6. The maximum absolute atomic E-state index is 9.96. The van der Waals surface area contributed by atoms with E-state index in [9.17, 15) is 5.11 Å². The van der Waals surface area contributed by atoms with Gasteiger partial charge in [-0.3, -0.25) is 0 Å². The van der Waals surface area contributed by atoms with Crippen molar-refractivity contribution in [1.82, 2.24) is 5.32 Å². The smallest absolute Gasteiger partial charge is 0.119 e. The number of aliphatic hydroxyl groups is 1. The predicted molar refractivity (Wildman–Crippen MR) is 88.5 cm³/mol. The summed E-state index contributed by atoms with van der Waals surface area (Å²) in [5.41, 5.74) is 1.21. The largest absolute Gasteiger partial charge is 0.491 e. The maximum atomic E-state index is 9.96. The molecule has 21 heavy (non-hydrogen) atoms. The fraction of sp³-hybridized carbons (Fsp3) is 0.294. The first-order valence-electron chi connectivity index (χ1n) is 7.00. The lowest BCUT2D eigenvalue weighted by Crippen LogP contribution is -2.33. The molecule has 3 nitrogen and oxygen atoms in total. The van der Waals surface area contributed by atoms with Crippen LogP contribution >= 0.6 is 15.9 Å². The summed E-state index contributed by atoms with van der Waals surface area (Å²) >= 11 is 3.37. The Kier molecular flexibility index (Phi) is 6.23. The minimum Gasteiger partial charge on any atom is -0.491 e. The second-order valence-corrected chi connectivity index (χ2v) is 5.88. The average Bonchev–Trinajstić information content (AvgIpc) is 2.53. The fourth-order valence-corrected chi connectivity index (χ4v) is 2.22. The van der Waals surface area contributed by atoms with Gasteiger partial charge < -0.3 is 15.2 Å². The number of rotatable bonds is 7. The van der Waals surface area contributed by atoms with Crippen molar-refractivity contribution < 1.29 is 9.84 Å². The third-order valence-electron chi connectivity index (χ3n) is 3.22. The van der Waals surface area contributed by atoms with E-state index in [-0.39, 0.29) is 12.6 Å². The van der Waals surface area contributed by atoms with Crippen LogP contribution in [0.15, 0.2) is 59.1 Å². The predicted octanol–water partition coefficient (Wildman–Crippen LogP) is 3.54. The van der Waals surface area contributed by atoms with Crippen molar-refractivity contribution in [2.45, 2.75) is 19.1 Å². The average molecular weight is 350 g/mol. The van der Waals surface area contributed by atoms with E-state index < -0.39 is 6.10 Å². The van der Waals surface area contributed by atoms with Crippen LogP contribution in [0, 0.1) is 0 Å². The van der Waals surface area contributed by atoms with Gasteiger partial charge in [0.15, 0.2) is 0 Å². The highest BCUT2D eigenvalue weighted by molar-refractivity contribution is 9.10. The fourth-order valence-electron chi connectivity index (χ4n) is 1.95. The normalized spacial score (nSPS) is 13.7. The summed E-state index contributed by atoms with van der Waals surface area (Å²) in [5, 5.41) is 13.3. The molecular weight excluding hydrogens is 330 g/mol. The van der Waals surface area contributed by atoms with Gasteiger partial charge in [0.05, 0.1) is 0 Å². The van der Waals surface area contributed by atoms with Gasteiger partial charge >= 0.3 is 0 Å². The van der Waals surface area contributed by atoms with Crippen molar-refractivity contribution in [3.05, 3.63) is 64.6 Å². The van der Waals surface area contributed by atoms with Crippen LogP contribution in [-0.2, 0) is 0 Å². The molecule has 0 fully saturated rings. The topological polar surface area (TPSA) is 41.5 Å². The minimum absolute atomic E-state index is 0.202. The van der Waals surface area contributed by atoms with E-state index in [4.69, 9.17) is 4.74 Å². The third kappa shape index (κ3) is 5.50. The molecule has 0 saturated heterocycles. The summed E-state index contributed by atoms with van der Waals surface area (Å²) in [5.74, 6) is 0.758. The van der Waals surface area contributed by atoms with Crippen molar-refractivity contribution in [3.63, 3.8) is 0 Å². The van der Waals surface area contributed by atoms with Gasteiger partial charge in [-0.15, -0.1) is 0 Å². The molecular formula is C17H20BrNO2. The molecule has 0 spiro atoms. The molecule has 4 heteroatoms. The Balaban J connectivity index is 1.72. The van der Waals surface area contributed by atoms with Gasteiger partial charge in [0.2, 0.25) is 0 Å². The van der Waals surface area contributed by atoms with Crippen molar-refractivity contribution in [3.8, 4) is 5.75 Å². The van der Waals surface area contributed by atoms with Crippen molar-refractivity contribution >= 4 is 15.9 Å². The molecule has 112 valence electrons. The number of ether oxygens (including phenoxy) is 1.